The number of nitrogens with two attached hydrogens (primary N) is 1. The van der Waals surface area contributed by atoms with Gasteiger partial charge in [-0.15, -0.1) is 0 Å². The smallest absolute Gasteiger partial charge is 0.0635 e. The minimum Gasteiger partial charge on any atom is -0.398 e. The molecule has 3 N–H and O–H groups in total. The molecule has 1 heterocycles. The Morgan fingerprint density at radius 2 is 2.31 bits per heavy atom. The molecule has 1 aliphatic rings. The highest BCUT2D eigenvalue weighted by molar-refractivity contribution is 6.33. The third-order valence-corrected chi connectivity index (χ3v) is 3.50. The molecular weight excluding hydrogens is 224 g/mol. The highest BCUT2D eigenvalue weighted by atomic mass is 35.5. The van der Waals surface area contributed by atoms with E-state index in [9.17, 15) is 5.11 Å². The lowest BCUT2D eigenvalue weighted by Crippen LogP contribution is -2.31. The molecule has 2 rings (SSSR count). The number of benzene rings is 1. The molecule has 1 aromatic rings. The summed E-state index contributed by atoms with van der Waals surface area (Å²) in [5.74, 6) is 0. The van der Waals surface area contributed by atoms with Gasteiger partial charge in [0.2, 0.25) is 0 Å². The van der Waals surface area contributed by atoms with E-state index in [1.807, 2.05) is 18.2 Å². The molecule has 4 heteroatoms. The molecule has 0 saturated carbocycles. The van der Waals surface area contributed by atoms with Gasteiger partial charge in [0.25, 0.3) is 0 Å². The Bertz CT molecular complexity index is 370. The van der Waals surface area contributed by atoms with Crippen molar-refractivity contribution in [2.45, 2.75) is 25.4 Å². The van der Waals surface area contributed by atoms with Crippen molar-refractivity contribution in [2.24, 2.45) is 0 Å². The van der Waals surface area contributed by atoms with Crippen molar-refractivity contribution in [3.63, 3.8) is 0 Å². The molecule has 0 bridgehead atoms. The summed E-state index contributed by atoms with van der Waals surface area (Å²) in [6.07, 6.45) is 2.24. The molecule has 1 fully saturated rings. The number of rotatable bonds is 3. The SMILES string of the molecule is Nc1cc(CN2CCCC2CO)ccc1Cl. The number of anilines is 1. The van der Waals surface area contributed by atoms with Gasteiger partial charge in [-0.05, 0) is 37.1 Å². The number of nitrogens with zero attached hydrogens (tertiary/aromatic N) is 1. The summed E-state index contributed by atoms with van der Waals surface area (Å²) in [7, 11) is 0. The van der Waals surface area contributed by atoms with E-state index in [4.69, 9.17) is 17.3 Å². The average molecular weight is 241 g/mol. The molecule has 1 aliphatic heterocycles. The highest BCUT2D eigenvalue weighted by Crippen LogP contribution is 2.23. The van der Waals surface area contributed by atoms with Crippen LogP contribution in [0.2, 0.25) is 5.02 Å². The van der Waals surface area contributed by atoms with Crippen LogP contribution in [0, 0.1) is 0 Å². The second-order valence-electron chi connectivity index (χ2n) is 4.30. The van der Waals surface area contributed by atoms with E-state index in [0.717, 1.165) is 31.5 Å². The largest absolute Gasteiger partial charge is 0.398 e. The van der Waals surface area contributed by atoms with Crippen molar-refractivity contribution in [3.05, 3.63) is 28.8 Å². The van der Waals surface area contributed by atoms with Crippen molar-refractivity contribution in [1.82, 2.24) is 4.90 Å². The van der Waals surface area contributed by atoms with Crippen molar-refractivity contribution in [2.75, 3.05) is 18.9 Å². The van der Waals surface area contributed by atoms with Gasteiger partial charge in [0.05, 0.1) is 17.3 Å². The van der Waals surface area contributed by atoms with Gasteiger partial charge < -0.3 is 10.8 Å². The molecule has 0 spiro atoms. The molecule has 1 aromatic carbocycles. The molecule has 3 nitrogen and oxygen atoms in total. The van der Waals surface area contributed by atoms with Gasteiger partial charge >= 0.3 is 0 Å². The van der Waals surface area contributed by atoms with Crippen molar-refractivity contribution in [3.8, 4) is 0 Å². The van der Waals surface area contributed by atoms with E-state index in [2.05, 4.69) is 4.90 Å². The Labute approximate surface area is 101 Å². The summed E-state index contributed by atoms with van der Waals surface area (Å²) in [5.41, 5.74) is 7.54. The zero-order valence-electron chi connectivity index (χ0n) is 9.19. The predicted molar refractivity (Wildman–Crippen MR) is 66.4 cm³/mol. The van der Waals surface area contributed by atoms with Crippen LogP contribution in [0.3, 0.4) is 0 Å². The first-order valence-corrected chi connectivity index (χ1v) is 5.97. The third kappa shape index (κ3) is 2.48. The second kappa shape index (κ2) is 5.04. The Morgan fingerprint density at radius 1 is 1.50 bits per heavy atom. The molecule has 1 saturated heterocycles. The maximum Gasteiger partial charge on any atom is 0.0635 e. The van der Waals surface area contributed by atoms with E-state index in [0.29, 0.717) is 16.8 Å². The van der Waals surface area contributed by atoms with Crippen LogP contribution in [0.25, 0.3) is 0 Å². The predicted octanol–water partition coefficient (Wildman–Crippen LogP) is 1.88. The molecule has 16 heavy (non-hydrogen) atoms. The van der Waals surface area contributed by atoms with Crippen LogP contribution >= 0.6 is 11.6 Å². The summed E-state index contributed by atoms with van der Waals surface area (Å²) < 4.78 is 0. The summed E-state index contributed by atoms with van der Waals surface area (Å²) in [6.45, 7) is 2.13. The quantitative estimate of drug-likeness (QED) is 0.794. The zero-order valence-corrected chi connectivity index (χ0v) is 9.95. The fraction of sp³-hybridized carbons (Fsp3) is 0.500. The van der Waals surface area contributed by atoms with Crippen molar-refractivity contribution < 1.29 is 5.11 Å². The van der Waals surface area contributed by atoms with Gasteiger partial charge in [0.15, 0.2) is 0 Å². The molecule has 0 radical (unpaired) electrons. The van der Waals surface area contributed by atoms with Gasteiger partial charge in [0, 0.05) is 12.6 Å². The molecule has 0 aromatic heterocycles. The fourth-order valence-electron chi connectivity index (χ4n) is 2.24. The first-order chi connectivity index (χ1) is 7.70. The molecule has 88 valence electrons. The number of likely N-dealkylation sites (tertiary alicyclic amines) is 1. The van der Waals surface area contributed by atoms with Crippen LogP contribution < -0.4 is 5.73 Å². The van der Waals surface area contributed by atoms with Crippen LogP contribution in [0.1, 0.15) is 18.4 Å². The first-order valence-electron chi connectivity index (χ1n) is 5.59. The van der Waals surface area contributed by atoms with E-state index in [1.54, 1.807) is 0 Å². The lowest BCUT2D eigenvalue weighted by atomic mass is 10.1. The monoisotopic (exact) mass is 240 g/mol. The number of aliphatic hydroxyl groups is 1. The normalized spacial score (nSPS) is 21.5. The summed E-state index contributed by atoms with van der Waals surface area (Å²) in [6, 6.07) is 6.04. The number of hydrogen-bond acceptors (Lipinski definition) is 3. The zero-order chi connectivity index (χ0) is 11.5. The maximum absolute atomic E-state index is 9.23. The Balaban J connectivity index is 2.05. The van der Waals surface area contributed by atoms with E-state index in [1.165, 1.54) is 0 Å². The molecule has 1 atom stereocenters. The first kappa shape index (κ1) is 11.7. The molecule has 0 amide bonds. The summed E-state index contributed by atoms with van der Waals surface area (Å²) >= 11 is 5.87. The third-order valence-electron chi connectivity index (χ3n) is 3.16. The van der Waals surface area contributed by atoms with Gasteiger partial charge in [-0.1, -0.05) is 17.7 Å². The Morgan fingerprint density at radius 3 is 3.00 bits per heavy atom. The maximum atomic E-state index is 9.23. The van der Waals surface area contributed by atoms with Gasteiger partial charge in [-0.2, -0.15) is 0 Å². The number of halogens is 1. The minimum absolute atomic E-state index is 0.239. The summed E-state index contributed by atoms with van der Waals surface area (Å²) in [4.78, 5) is 2.29. The number of nitrogen functional groups attached to an aromatic ring is 1. The second-order valence-corrected chi connectivity index (χ2v) is 4.71. The standard InChI is InChI=1S/C12H17ClN2O/c13-11-4-3-9(6-12(11)14)7-15-5-1-2-10(15)8-16/h3-4,6,10,16H,1-2,5,7-8,14H2. The van der Waals surface area contributed by atoms with Crippen LogP contribution in [-0.2, 0) is 6.54 Å². The van der Waals surface area contributed by atoms with E-state index >= 15 is 0 Å². The number of hydrogen-bond donors (Lipinski definition) is 2. The van der Waals surface area contributed by atoms with E-state index in [-0.39, 0.29) is 6.61 Å². The minimum atomic E-state index is 0.239. The van der Waals surface area contributed by atoms with E-state index < -0.39 is 0 Å². The van der Waals surface area contributed by atoms with Crippen LogP contribution in [0.5, 0.6) is 0 Å². The van der Waals surface area contributed by atoms with Crippen molar-refractivity contribution in [1.29, 1.82) is 0 Å². The van der Waals surface area contributed by atoms with Crippen LogP contribution in [0.4, 0.5) is 5.69 Å². The lowest BCUT2D eigenvalue weighted by molar-refractivity contribution is 0.153. The van der Waals surface area contributed by atoms with Gasteiger partial charge in [0.1, 0.15) is 0 Å². The van der Waals surface area contributed by atoms with Crippen molar-refractivity contribution >= 4 is 17.3 Å². The molecule has 1 unspecified atom stereocenters. The average Bonchev–Trinajstić information content (AvgIpc) is 2.71. The topological polar surface area (TPSA) is 49.5 Å². The Hall–Kier alpha value is -0.770. The molecule has 0 aliphatic carbocycles. The lowest BCUT2D eigenvalue weighted by Gasteiger charge is -2.22. The van der Waals surface area contributed by atoms with Gasteiger partial charge in [-0.3, -0.25) is 4.90 Å². The molecular formula is C12H17ClN2O. The van der Waals surface area contributed by atoms with Gasteiger partial charge in [-0.25, -0.2) is 0 Å². The number of aliphatic hydroxyl groups excluding tert-OH is 1. The Kier molecular flexibility index (Phi) is 3.69. The van der Waals surface area contributed by atoms with Crippen LogP contribution in [0.15, 0.2) is 18.2 Å². The highest BCUT2D eigenvalue weighted by Gasteiger charge is 2.23. The fourth-order valence-corrected chi connectivity index (χ4v) is 2.35. The van der Waals surface area contributed by atoms with Crippen LogP contribution in [-0.4, -0.2) is 29.2 Å². The summed E-state index contributed by atoms with van der Waals surface area (Å²) in [5, 5.41) is 9.83.